The van der Waals surface area contributed by atoms with Crippen LogP contribution in [0.3, 0.4) is 0 Å². The van der Waals surface area contributed by atoms with E-state index in [1.165, 1.54) is 4.90 Å². The third-order valence-electron chi connectivity index (χ3n) is 5.25. The van der Waals surface area contributed by atoms with E-state index in [2.05, 4.69) is 0 Å². The highest BCUT2D eigenvalue weighted by Crippen LogP contribution is 2.40. The van der Waals surface area contributed by atoms with E-state index >= 15 is 0 Å². The van der Waals surface area contributed by atoms with Crippen LogP contribution in [-0.2, 0) is 25.6 Å². The Morgan fingerprint density at radius 1 is 1.22 bits per heavy atom. The monoisotopic (exact) mass is 379 g/mol. The van der Waals surface area contributed by atoms with E-state index in [4.69, 9.17) is 18.9 Å². The smallest absolute Gasteiger partial charge is 0.410 e. The molecule has 8 heteroatoms. The number of hydrogen-bond acceptors (Lipinski definition) is 7. The summed E-state index contributed by atoms with van der Waals surface area (Å²) in [4.78, 5) is 14.0. The summed E-state index contributed by atoms with van der Waals surface area (Å²) in [5.74, 6) is -0.843. The third-order valence-corrected chi connectivity index (χ3v) is 5.25. The highest BCUT2D eigenvalue weighted by molar-refractivity contribution is 5.68. The van der Waals surface area contributed by atoms with Gasteiger partial charge in [0.2, 0.25) is 0 Å². The maximum absolute atomic E-state index is 12.6. The van der Waals surface area contributed by atoms with Crippen molar-refractivity contribution in [3.05, 3.63) is 35.9 Å². The van der Waals surface area contributed by atoms with Crippen LogP contribution in [0.1, 0.15) is 25.8 Å². The van der Waals surface area contributed by atoms with E-state index in [0.29, 0.717) is 13.0 Å². The van der Waals surface area contributed by atoms with Gasteiger partial charge in [-0.2, -0.15) is 0 Å². The van der Waals surface area contributed by atoms with Crippen LogP contribution < -0.4 is 0 Å². The summed E-state index contributed by atoms with van der Waals surface area (Å²) in [6.07, 6.45) is -4.18. The molecule has 8 nitrogen and oxygen atoms in total. The highest BCUT2D eigenvalue weighted by Gasteiger charge is 2.59. The summed E-state index contributed by atoms with van der Waals surface area (Å²) in [7, 11) is 0. The van der Waals surface area contributed by atoms with Gasteiger partial charge >= 0.3 is 6.09 Å². The number of benzene rings is 1. The SMILES string of the molecule is CC1(C)O[C@H]2O[C@H]([C@H]3[C@@H](O)CCN3C(=O)OCc3ccccc3)[C@H](O)[C@H]2O1. The summed E-state index contributed by atoms with van der Waals surface area (Å²) >= 11 is 0. The third kappa shape index (κ3) is 3.55. The summed E-state index contributed by atoms with van der Waals surface area (Å²) in [5.41, 5.74) is 0.873. The molecular weight excluding hydrogens is 354 g/mol. The van der Waals surface area contributed by atoms with Crippen molar-refractivity contribution in [3.63, 3.8) is 0 Å². The van der Waals surface area contributed by atoms with Gasteiger partial charge in [-0.1, -0.05) is 30.3 Å². The Bertz CT molecular complexity index is 682. The van der Waals surface area contributed by atoms with Gasteiger partial charge in [-0.3, -0.25) is 4.90 Å². The maximum Gasteiger partial charge on any atom is 0.410 e. The molecule has 0 aromatic heterocycles. The van der Waals surface area contributed by atoms with E-state index in [1.54, 1.807) is 13.8 Å². The lowest BCUT2D eigenvalue weighted by molar-refractivity contribution is -0.222. The van der Waals surface area contributed by atoms with Gasteiger partial charge < -0.3 is 29.2 Å². The largest absolute Gasteiger partial charge is 0.445 e. The molecule has 0 unspecified atom stereocenters. The lowest BCUT2D eigenvalue weighted by Gasteiger charge is -2.33. The number of ether oxygens (including phenoxy) is 4. The van der Waals surface area contributed by atoms with Crippen molar-refractivity contribution < 1.29 is 34.0 Å². The predicted octanol–water partition coefficient (Wildman–Crippen LogP) is 0.996. The Morgan fingerprint density at radius 3 is 2.67 bits per heavy atom. The number of carbonyl (C=O) groups excluding carboxylic acids is 1. The van der Waals surface area contributed by atoms with Crippen LogP contribution in [0.15, 0.2) is 30.3 Å². The normalized spacial score (nSPS) is 37.4. The molecule has 3 heterocycles. The minimum atomic E-state index is -1.01. The van der Waals surface area contributed by atoms with Gasteiger partial charge in [-0.05, 0) is 25.8 Å². The molecule has 3 aliphatic rings. The Hall–Kier alpha value is -1.71. The second kappa shape index (κ2) is 7.03. The van der Waals surface area contributed by atoms with Crippen molar-refractivity contribution in [2.24, 2.45) is 0 Å². The minimum absolute atomic E-state index is 0.138. The average Bonchev–Trinajstić information content (AvgIpc) is 3.25. The molecule has 1 aromatic rings. The molecule has 0 spiro atoms. The summed E-state index contributed by atoms with van der Waals surface area (Å²) in [5, 5.41) is 21.1. The average molecular weight is 379 g/mol. The molecule has 1 amide bonds. The summed E-state index contributed by atoms with van der Waals surface area (Å²) in [6.45, 7) is 3.95. The zero-order valence-corrected chi connectivity index (χ0v) is 15.4. The fourth-order valence-corrected chi connectivity index (χ4v) is 4.01. The zero-order valence-electron chi connectivity index (χ0n) is 15.4. The van der Waals surface area contributed by atoms with Crippen LogP contribution in [0.2, 0.25) is 0 Å². The van der Waals surface area contributed by atoms with E-state index in [0.717, 1.165) is 5.56 Å². The minimum Gasteiger partial charge on any atom is -0.445 e. The van der Waals surface area contributed by atoms with Gasteiger partial charge in [-0.25, -0.2) is 4.79 Å². The van der Waals surface area contributed by atoms with Crippen LogP contribution in [0.25, 0.3) is 0 Å². The van der Waals surface area contributed by atoms with Gasteiger partial charge in [0.1, 0.15) is 24.9 Å². The van der Waals surface area contributed by atoms with Crippen molar-refractivity contribution in [2.45, 2.75) is 69.4 Å². The molecule has 4 rings (SSSR count). The van der Waals surface area contributed by atoms with Crippen LogP contribution in [0.5, 0.6) is 0 Å². The first-order valence-electron chi connectivity index (χ1n) is 9.20. The van der Waals surface area contributed by atoms with Gasteiger partial charge in [-0.15, -0.1) is 0 Å². The molecule has 3 saturated heterocycles. The molecule has 148 valence electrons. The first-order chi connectivity index (χ1) is 12.9. The summed E-state index contributed by atoms with van der Waals surface area (Å²) in [6, 6.07) is 8.64. The molecular formula is C19H25NO7. The first kappa shape index (κ1) is 18.6. The lowest BCUT2D eigenvalue weighted by Crippen LogP contribution is -2.52. The van der Waals surface area contributed by atoms with Gasteiger partial charge in [0.15, 0.2) is 12.1 Å². The number of hydrogen-bond donors (Lipinski definition) is 2. The van der Waals surface area contributed by atoms with Crippen molar-refractivity contribution in [1.29, 1.82) is 0 Å². The Morgan fingerprint density at radius 2 is 1.96 bits per heavy atom. The second-order valence-corrected chi connectivity index (χ2v) is 7.64. The van der Waals surface area contributed by atoms with Crippen LogP contribution in [0.4, 0.5) is 4.79 Å². The number of fused-ring (bicyclic) bond motifs is 1. The number of carbonyl (C=O) groups is 1. The van der Waals surface area contributed by atoms with Crippen molar-refractivity contribution in [3.8, 4) is 0 Å². The first-order valence-corrected chi connectivity index (χ1v) is 9.20. The number of aliphatic hydroxyl groups excluding tert-OH is 2. The van der Waals surface area contributed by atoms with Crippen molar-refractivity contribution >= 4 is 6.09 Å². The molecule has 2 N–H and O–H groups in total. The maximum atomic E-state index is 12.6. The standard InChI is InChI=1S/C19H25NO7/c1-19(2)26-16-14(22)15(25-17(16)27-19)13-12(21)8-9-20(13)18(23)24-10-11-6-4-3-5-7-11/h3-7,12-17,21-22H,8-10H2,1-2H3/t12-,13+,14-,15+,16+,17+/m0/s1. The highest BCUT2D eigenvalue weighted by atomic mass is 16.8. The summed E-state index contributed by atoms with van der Waals surface area (Å²) < 4.78 is 22.6. The number of likely N-dealkylation sites (tertiary alicyclic amines) is 1. The molecule has 3 fully saturated rings. The Balaban J connectivity index is 1.43. The van der Waals surface area contributed by atoms with Gasteiger partial charge in [0, 0.05) is 6.54 Å². The van der Waals surface area contributed by atoms with Crippen LogP contribution in [-0.4, -0.2) is 70.3 Å². The molecule has 3 aliphatic heterocycles. The molecule has 0 aliphatic carbocycles. The van der Waals surface area contributed by atoms with E-state index in [1.807, 2.05) is 30.3 Å². The molecule has 0 radical (unpaired) electrons. The number of amides is 1. The number of nitrogens with zero attached hydrogens (tertiary/aromatic N) is 1. The fraction of sp³-hybridized carbons (Fsp3) is 0.632. The van der Waals surface area contributed by atoms with E-state index in [-0.39, 0.29) is 6.61 Å². The quantitative estimate of drug-likeness (QED) is 0.808. The second-order valence-electron chi connectivity index (χ2n) is 7.64. The van der Waals surface area contributed by atoms with Crippen molar-refractivity contribution in [1.82, 2.24) is 4.90 Å². The number of rotatable bonds is 3. The van der Waals surface area contributed by atoms with Gasteiger partial charge in [0.05, 0.1) is 12.1 Å². The molecule has 27 heavy (non-hydrogen) atoms. The Labute approximate surface area is 157 Å². The Kier molecular flexibility index (Phi) is 4.85. The molecule has 0 saturated carbocycles. The van der Waals surface area contributed by atoms with E-state index < -0.39 is 48.6 Å². The van der Waals surface area contributed by atoms with Crippen molar-refractivity contribution in [2.75, 3.05) is 6.54 Å². The van der Waals surface area contributed by atoms with E-state index in [9.17, 15) is 15.0 Å². The molecule has 0 bridgehead atoms. The predicted molar refractivity (Wildman–Crippen MR) is 92.4 cm³/mol. The molecule has 6 atom stereocenters. The van der Waals surface area contributed by atoms with Crippen LogP contribution in [0, 0.1) is 0 Å². The fourth-order valence-electron chi connectivity index (χ4n) is 4.01. The van der Waals surface area contributed by atoms with Crippen LogP contribution >= 0.6 is 0 Å². The van der Waals surface area contributed by atoms with Gasteiger partial charge in [0.25, 0.3) is 0 Å². The number of aliphatic hydroxyl groups is 2. The zero-order chi connectivity index (χ0) is 19.2. The lowest BCUT2D eigenvalue weighted by atomic mass is 9.99. The topological polar surface area (TPSA) is 97.7 Å². The molecule has 1 aromatic carbocycles.